The predicted octanol–water partition coefficient (Wildman–Crippen LogP) is 1.59. The van der Waals surface area contributed by atoms with Crippen molar-refractivity contribution < 1.29 is 34.5 Å². The Kier molecular flexibility index (Phi) is 8.29. The first-order valence-electron chi connectivity index (χ1n) is 12.9. The molecule has 12 nitrogen and oxygen atoms in total. The fourth-order valence-corrected chi connectivity index (χ4v) is 4.83. The summed E-state index contributed by atoms with van der Waals surface area (Å²) in [4.78, 5) is 54.1. The number of para-hydroxylation sites is 1. The summed E-state index contributed by atoms with van der Waals surface area (Å²) in [7, 11) is 3.11. The molecule has 0 saturated carbocycles. The number of carboxylic acids is 1. The summed E-state index contributed by atoms with van der Waals surface area (Å²) in [6.45, 7) is 1.84. The molecular weight excluding hydrogens is 518 g/mol. The zero-order valence-corrected chi connectivity index (χ0v) is 22.5. The molecule has 2 aromatic rings. The first kappa shape index (κ1) is 28.4. The molecule has 40 heavy (non-hydrogen) atoms. The van der Waals surface area contributed by atoms with Crippen molar-refractivity contribution in [1.29, 1.82) is 0 Å². The number of hydrogen-bond donors (Lipinski definition) is 5. The minimum atomic E-state index is -1.36. The Morgan fingerprint density at radius 3 is 2.40 bits per heavy atom. The number of carboxylic acid groups (broad SMARTS) is 1. The molecule has 3 unspecified atom stereocenters. The van der Waals surface area contributed by atoms with E-state index in [2.05, 4.69) is 10.6 Å². The number of rotatable bonds is 8. The molecular formula is C28H33N5O7. The molecule has 1 heterocycles. The van der Waals surface area contributed by atoms with Gasteiger partial charge in [0.05, 0.1) is 29.5 Å². The maximum absolute atomic E-state index is 13.4. The summed E-state index contributed by atoms with van der Waals surface area (Å²) >= 11 is 0. The second-order valence-corrected chi connectivity index (χ2v) is 9.87. The normalized spacial score (nSPS) is 19.6. The van der Waals surface area contributed by atoms with E-state index >= 15 is 0 Å². The first-order valence-corrected chi connectivity index (χ1v) is 12.9. The van der Waals surface area contributed by atoms with E-state index in [0.29, 0.717) is 6.42 Å². The van der Waals surface area contributed by atoms with Crippen molar-refractivity contribution in [1.82, 2.24) is 20.0 Å². The van der Waals surface area contributed by atoms with E-state index in [4.69, 9.17) is 0 Å². The quantitative estimate of drug-likeness (QED) is 0.307. The van der Waals surface area contributed by atoms with Crippen LogP contribution < -0.4 is 10.6 Å². The smallest absolute Gasteiger partial charge is 0.328 e. The van der Waals surface area contributed by atoms with Gasteiger partial charge in [0.25, 0.3) is 5.91 Å². The number of piperazine rings is 1. The first-order chi connectivity index (χ1) is 19.0. The maximum atomic E-state index is 13.4. The number of ketones is 1. The molecule has 0 bridgehead atoms. The highest BCUT2D eigenvalue weighted by Gasteiger charge is 2.41. The lowest BCUT2D eigenvalue weighted by Crippen LogP contribution is -2.60. The molecule has 1 aliphatic heterocycles. The number of benzene rings is 2. The Labute approximate surface area is 231 Å². The zero-order valence-electron chi connectivity index (χ0n) is 22.5. The third kappa shape index (κ3) is 5.43. The minimum absolute atomic E-state index is 0.0430. The second-order valence-electron chi connectivity index (χ2n) is 9.87. The number of aliphatic hydroxyl groups is 1. The number of urea groups is 1. The Hall–Kier alpha value is -4.58. The highest BCUT2D eigenvalue weighted by atomic mass is 16.4. The summed E-state index contributed by atoms with van der Waals surface area (Å²) < 4.78 is 0. The van der Waals surface area contributed by atoms with Crippen LogP contribution >= 0.6 is 0 Å². The maximum Gasteiger partial charge on any atom is 0.328 e. The molecule has 0 spiro atoms. The Balaban J connectivity index is 1.57. The van der Waals surface area contributed by atoms with Gasteiger partial charge in [-0.25, -0.2) is 9.59 Å². The van der Waals surface area contributed by atoms with Crippen molar-refractivity contribution >= 4 is 29.4 Å². The molecule has 0 radical (unpaired) electrons. The molecule has 12 heteroatoms. The number of aromatic hydroxyl groups is 1. The lowest BCUT2D eigenvalue weighted by atomic mass is 9.92. The third-order valence-electron chi connectivity index (χ3n) is 7.08. The summed E-state index contributed by atoms with van der Waals surface area (Å²) in [6.07, 6.45) is -0.681. The SMILES string of the molecule is CCC(NC1=C(Nc2cccc(C(=O)N3CCN(C(=O)N(C)C)CC3C(=O)O)c2O)C(=O)C1O)c1ccccc1. The van der Waals surface area contributed by atoms with Gasteiger partial charge in [0.1, 0.15) is 11.7 Å². The Morgan fingerprint density at radius 2 is 1.77 bits per heavy atom. The number of phenolic OH excluding ortho intramolecular Hbond substituents is 1. The van der Waals surface area contributed by atoms with Crippen LogP contribution in [0.1, 0.15) is 35.3 Å². The molecule has 4 rings (SSSR count). The molecule has 3 atom stereocenters. The van der Waals surface area contributed by atoms with E-state index in [1.54, 1.807) is 14.1 Å². The summed E-state index contributed by atoms with van der Waals surface area (Å²) in [5, 5.41) is 37.2. The summed E-state index contributed by atoms with van der Waals surface area (Å²) in [5.41, 5.74) is 1.17. The van der Waals surface area contributed by atoms with Crippen LogP contribution in [0.4, 0.5) is 10.5 Å². The Morgan fingerprint density at radius 1 is 1.07 bits per heavy atom. The fourth-order valence-electron chi connectivity index (χ4n) is 4.83. The van der Waals surface area contributed by atoms with Crippen LogP contribution in [0, 0.1) is 0 Å². The Bertz CT molecular complexity index is 1340. The van der Waals surface area contributed by atoms with Crippen molar-refractivity contribution in [2.75, 3.05) is 39.0 Å². The van der Waals surface area contributed by atoms with Crippen molar-refractivity contribution in [2.45, 2.75) is 31.5 Å². The van der Waals surface area contributed by atoms with Gasteiger partial charge in [0.15, 0.2) is 11.9 Å². The van der Waals surface area contributed by atoms with E-state index in [1.165, 1.54) is 28.0 Å². The molecule has 1 saturated heterocycles. The topological polar surface area (TPSA) is 163 Å². The number of nitrogens with one attached hydrogen (secondary N) is 2. The van der Waals surface area contributed by atoms with Crippen molar-refractivity contribution in [2.24, 2.45) is 0 Å². The summed E-state index contributed by atoms with van der Waals surface area (Å²) in [5.74, 6) is -3.06. The predicted molar refractivity (Wildman–Crippen MR) is 145 cm³/mol. The van der Waals surface area contributed by atoms with E-state index in [1.807, 2.05) is 37.3 Å². The van der Waals surface area contributed by atoms with Crippen LogP contribution in [-0.2, 0) is 9.59 Å². The number of Topliss-reactive ketones (excluding diaryl/α,β-unsaturated/α-hetero) is 1. The monoisotopic (exact) mass is 551 g/mol. The number of hydrogen-bond acceptors (Lipinski definition) is 8. The molecule has 1 aliphatic carbocycles. The van der Waals surface area contributed by atoms with Gasteiger partial charge >= 0.3 is 12.0 Å². The van der Waals surface area contributed by atoms with Crippen LogP contribution in [0.25, 0.3) is 0 Å². The van der Waals surface area contributed by atoms with Gasteiger partial charge in [-0.1, -0.05) is 43.3 Å². The van der Waals surface area contributed by atoms with Crippen LogP contribution in [0.2, 0.25) is 0 Å². The van der Waals surface area contributed by atoms with Gasteiger partial charge < -0.3 is 40.7 Å². The van der Waals surface area contributed by atoms with Crippen LogP contribution in [0.15, 0.2) is 59.9 Å². The lowest BCUT2D eigenvalue weighted by molar-refractivity contribution is -0.144. The number of carbonyl (C=O) groups excluding carboxylic acids is 3. The molecule has 2 aliphatic rings. The molecule has 5 N–H and O–H groups in total. The number of amides is 3. The molecule has 212 valence electrons. The van der Waals surface area contributed by atoms with E-state index in [-0.39, 0.29) is 54.4 Å². The van der Waals surface area contributed by atoms with Gasteiger partial charge in [0.2, 0.25) is 5.78 Å². The number of nitrogens with zero attached hydrogens (tertiary/aromatic N) is 3. The molecule has 0 aromatic heterocycles. The van der Waals surface area contributed by atoms with Gasteiger partial charge in [0, 0.05) is 27.2 Å². The van der Waals surface area contributed by atoms with E-state index < -0.39 is 35.6 Å². The van der Waals surface area contributed by atoms with E-state index in [0.717, 1.165) is 10.5 Å². The third-order valence-corrected chi connectivity index (χ3v) is 7.08. The molecule has 1 fully saturated rings. The van der Waals surface area contributed by atoms with E-state index in [9.17, 15) is 34.5 Å². The second kappa shape index (κ2) is 11.7. The zero-order chi connectivity index (χ0) is 29.1. The van der Waals surface area contributed by atoms with Crippen LogP contribution in [0.5, 0.6) is 5.75 Å². The average molecular weight is 552 g/mol. The lowest BCUT2D eigenvalue weighted by Gasteiger charge is -2.40. The number of aliphatic hydroxyl groups excluding tert-OH is 1. The van der Waals surface area contributed by atoms with Crippen LogP contribution in [0.3, 0.4) is 0 Å². The molecule has 3 amide bonds. The number of anilines is 1. The van der Waals surface area contributed by atoms with Crippen molar-refractivity contribution in [3.8, 4) is 5.75 Å². The van der Waals surface area contributed by atoms with Crippen molar-refractivity contribution in [3.05, 3.63) is 71.1 Å². The number of carbonyl (C=O) groups is 4. The summed E-state index contributed by atoms with van der Waals surface area (Å²) in [6, 6.07) is 12.0. The van der Waals surface area contributed by atoms with Crippen molar-refractivity contribution in [3.63, 3.8) is 0 Å². The van der Waals surface area contributed by atoms with Gasteiger partial charge in [-0.3, -0.25) is 9.59 Å². The largest absolute Gasteiger partial charge is 0.505 e. The van der Waals surface area contributed by atoms with Gasteiger partial charge in [-0.2, -0.15) is 0 Å². The van der Waals surface area contributed by atoms with Crippen LogP contribution in [-0.4, -0.2) is 99.6 Å². The number of phenols is 1. The highest BCUT2D eigenvalue weighted by molar-refractivity contribution is 6.11. The molecule has 2 aromatic carbocycles. The average Bonchev–Trinajstić information content (AvgIpc) is 2.96. The minimum Gasteiger partial charge on any atom is -0.505 e. The standard InChI is InChI=1S/C28H33N5O7/c1-4-18(16-9-6-5-7-10-16)29-21-22(25(36)24(21)35)30-19-12-8-11-17(23(19)34)26(37)33-14-13-32(28(40)31(2)3)15-20(33)27(38)39/h5-12,18,20,24,29-30,34-35H,4,13-15H2,1-3H3,(H,38,39). The van der Waals surface area contributed by atoms with Gasteiger partial charge in [-0.15, -0.1) is 0 Å². The fraction of sp³-hybridized carbons (Fsp3) is 0.357. The highest BCUT2D eigenvalue weighted by Crippen LogP contribution is 2.34. The van der Waals surface area contributed by atoms with Gasteiger partial charge in [-0.05, 0) is 24.1 Å². The number of aliphatic carboxylic acids is 1.